The molecule has 2 aliphatic carbocycles. The van der Waals surface area contributed by atoms with Crippen molar-refractivity contribution in [3.8, 4) is 0 Å². The Morgan fingerprint density at radius 2 is 2.07 bits per heavy atom. The van der Waals surface area contributed by atoms with Gasteiger partial charge in [-0.05, 0) is 31.7 Å². The van der Waals surface area contributed by atoms with Gasteiger partial charge in [-0.15, -0.1) is 0 Å². The van der Waals surface area contributed by atoms with Crippen LogP contribution in [0.3, 0.4) is 0 Å². The first-order chi connectivity index (χ1) is 6.84. The van der Waals surface area contributed by atoms with Gasteiger partial charge in [-0.25, -0.2) is 0 Å². The molecule has 0 aromatic rings. The van der Waals surface area contributed by atoms with Crippen LogP contribution in [-0.4, -0.2) is 24.5 Å². The Hall–Kier alpha value is -0.570. The molecule has 4 fully saturated rings. The summed E-state index contributed by atoms with van der Waals surface area (Å²) in [5.74, 6) is 1.26. The first kappa shape index (κ1) is 8.72. The topological polar surface area (TPSA) is 41.1 Å². The van der Waals surface area contributed by atoms with E-state index < -0.39 is 0 Å². The number of fused-ring (bicyclic) bond motifs is 1. The van der Waals surface area contributed by atoms with E-state index in [1.807, 2.05) is 0 Å². The van der Waals surface area contributed by atoms with E-state index in [0.29, 0.717) is 29.8 Å². The molecule has 2 saturated carbocycles. The predicted octanol–water partition coefficient (Wildman–Crippen LogP) is 0.653. The second kappa shape index (κ2) is 3.23. The molecular formula is C11H18N2O. The highest BCUT2D eigenvalue weighted by atomic mass is 16.2. The summed E-state index contributed by atoms with van der Waals surface area (Å²) >= 11 is 0. The lowest BCUT2D eigenvalue weighted by atomic mass is 9.73. The number of carbonyl (C=O) groups excluding carboxylic acids is 1. The van der Waals surface area contributed by atoms with E-state index in [4.69, 9.17) is 0 Å². The van der Waals surface area contributed by atoms with Gasteiger partial charge in [0.05, 0.1) is 5.92 Å². The van der Waals surface area contributed by atoms with Gasteiger partial charge in [0.1, 0.15) is 0 Å². The van der Waals surface area contributed by atoms with Crippen LogP contribution in [0, 0.1) is 11.8 Å². The number of hydrogen-bond acceptors (Lipinski definition) is 2. The molecular weight excluding hydrogens is 176 g/mol. The average molecular weight is 194 g/mol. The molecule has 4 aliphatic rings. The molecule has 2 bridgehead atoms. The van der Waals surface area contributed by atoms with Gasteiger partial charge in [-0.2, -0.15) is 0 Å². The minimum atomic E-state index is 0.301. The lowest BCUT2D eigenvalue weighted by molar-refractivity contribution is -0.130. The Bertz CT molecular complexity index is 234. The third-order valence-electron chi connectivity index (χ3n) is 4.14. The molecule has 0 aromatic heterocycles. The smallest absolute Gasteiger partial charge is 0.225 e. The van der Waals surface area contributed by atoms with Gasteiger partial charge in [0.2, 0.25) is 5.91 Å². The van der Waals surface area contributed by atoms with Crippen LogP contribution in [0.5, 0.6) is 0 Å². The van der Waals surface area contributed by atoms with Crippen molar-refractivity contribution in [1.82, 2.24) is 10.6 Å². The summed E-state index contributed by atoms with van der Waals surface area (Å²) < 4.78 is 0. The maximum absolute atomic E-state index is 11.9. The standard InChI is InChI=1S/C11H18N2O/c14-11(13-8-3-1-2-4-8)10-7-5-9(10)12-6-7/h7-10,12H,1-6H2,(H,13,14). The van der Waals surface area contributed by atoms with Crippen LogP contribution in [0.2, 0.25) is 0 Å². The van der Waals surface area contributed by atoms with Crippen LogP contribution in [0.25, 0.3) is 0 Å². The second-order valence-electron chi connectivity index (χ2n) is 5.03. The van der Waals surface area contributed by atoms with E-state index in [-0.39, 0.29) is 0 Å². The highest BCUT2D eigenvalue weighted by molar-refractivity contribution is 5.81. The summed E-state index contributed by atoms with van der Waals surface area (Å²) in [6.45, 7) is 1.06. The van der Waals surface area contributed by atoms with Crippen molar-refractivity contribution in [3.05, 3.63) is 0 Å². The Morgan fingerprint density at radius 3 is 2.64 bits per heavy atom. The van der Waals surface area contributed by atoms with Crippen molar-refractivity contribution < 1.29 is 4.79 Å². The highest BCUT2D eigenvalue weighted by Gasteiger charge is 2.50. The van der Waals surface area contributed by atoms with Crippen LogP contribution in [0.4, 0.5) is 0 Å². The maximum Gasteiger partial charge on any atom is 0.225 e. The second-order valence-corrected chi connectivity index (χ2v) is 5.03. The van der Waals surface area contributed by atoms with Crippen molar-refractivity contribution in [2.24, 2.45) is 11.8 Å². The van der Waals surface area contributed by atoms with E-state index in [1.54, 1.807) is 0 Å². The SMILES string of the molecule is O=C(NC1CCCC1)C1C2CNC1C2. The van der Waals surface area contributed by atoms with E-state index in [0.717, 1.165) is 6.54 Å². The van der Waals surface area contributed by atoms with Crippen molar-refractivity contribution in [2.75, 3.05) is 6.54 Å². The van der Waals surface area contributed by atoms with Crippen molar-refractivity contribution in [3.63, 3.8) is 0 Å². The molecule has 3 unspecified atom stereocenters. The normalized spacial score (nSPS) is 41.0. The van der Waals surface area contributed by atoms with Crippen molar-refractivity contribution in [2.45, 2.75) is 44.2 Å². The molecule has 3 atom stereocenters. The van der Waals surface area contributed by atoms with Gasteiger partial charge >= 0.3 is 0 Å². The molecule has 2 saturated heterocycles. The third-order valence-corrected chi connectivity index (χ3v) is 4.14. The first-order valence-electron chi connectivity index (χ1n) is 5.88. The van der Waals surface area contributed by atoms with Crippen molar-refractivity contribution in [1.29, 1.82) is 0 Å². The summed E-state index contributed by atoms with van der Waals surface area (Å²) in [6, 6.07) is 0.990. The zero-order chi connectivity index (χ0) is 9.54. The summed E-state index contributed by atoms with van der Waals surface area (Å²) in [4.78, 5) is 11.9. The summed E-state index contributed by atoms with van der Waals surface area (Å²) in [7, 11) is 0. The van der Waals surface area contributed by atoms with Crippen LogP contribution in [0.1, 0.15) is 32.1 Å². The average Bonchev–Trinajstić information content (AvgIpc) is 2.77. The van der Waals surface area contributed by atoms with E-state index in [2.05, 4.69) is 10.6 Å². The number of nitrogens with one attached hydrogen (secondary N) is 2. The van der Waals surface area contributed by atoms with Gasteiger partial charge in [0.25, 0.3) is 0 Å². The quantitative estimate of drug-likeness (QED) is 0.678. The minimum Gasteiger partial charge on any atom is -0.353 e. The molecule has 3 heteroatoms. The molecule has 14 heavy (non-hydrogen) atoms. The minimum absolute atomic E-state index is 0.301. The van der Waals surface area contributed by atoms with Gasteiger partial charge in [-0.3, -0.25) is 4.79 Å². The molecule has 2 heterocycles. The number of carbonyl (C=O) groups is 1. The molecule has 0 aromatic carbocycles. The Kier molecular flexibility index (Phi) is 2.01. The van der Waals surface area contributed by atoms with Crippen LogP contribution >= 0.6 is 0 Å². The third kappa shape index (κ3) is 1.26. The van der Waals surface area contributed by atoms with Crippen molar-refractivity contribution >= 4 is 5.91 Å². The maximum atomic E-state index is 11.9. The zero-order valence-electron chi connectivity index (χ0n) is 8.46. The molecule has 2 N–H and O–H groups in total. The molecule has 4 rings (SSSR count). The molecule has 2 aliphatic heterocycles. The molecule has 1 amide bonds. The largest absolute Gasteiger partial charge is 0.353 e. The molecule has 0 spiro atoms. The summed E-state index contributed by atoms with van der Waals surface area (Å²) in [5.41, 5.74) is 0. The van der Waals surface area contributed by atoms with Gasteiger partial charge < -0.3 is 10.6 Å². The van der Waals surface area contributed by atoms with Gasteiger partial charge in [0, 0.05) is 12.1 Å². The number of hydrogen-bond donors (Lipinski definition) is 2. The van der Waals surface area contributed by atoms with Gasteiger partial charge in [-0.1, -0.05) is 12.8 Å². The van der Waals surface area contributed by atoms with Crippen LogP contribution in [0.15, 0.2) is 0 Å². The lowest BCUT2D eigenvalue weighted by Gasteiger charge is -2.33. The fraction of sp³-hybridized carbons (Fsp3) is 0.909. The van der Waals surface area contributed by atoms with E-state index in [9.17, 15) is 4.79 Å². The van der Waals surface area contributed by atoms with Crippen LogP contribution < -0.4 is 10.6 Å². The summed E-state index contributed by atoms with van der Waals surface area (Å²) in [6.07, 6.45) is 6.20. The Labute approximate surface area is 84.6 Å². The molecule has 78 valence electrons. The lowest BCUT2D eigenvalue weighted by Crippen LogP contribution is -2.49. The zero-order valence-corrected chi connectivity index (χ0v) is 8.46. The first-order valence-corrected chi connectivity index (χ1v) is 5.88. The van der Waals surface area contributed by atoms with Crippen LogP contribution in [-0.2, 0) is 4.79 Å². The fourth-order valence-corrected chi connectivity index (χ4v) is 3.24. The number of amides is 1. The van der Waals surface area contributed by atoms with Gasteiger partial charge in [0.15, 0.2) is 0 Å². The number of rotatable bonds is 2. The fourth-order valence-electron chi connectivity index (χ4n) is 3.24. The molecule has 3 nitrogen and oxygen atoms in total. The Morgan fingerprint density at radius 1 is 1.29 bits per heavy atom. The highest BCUT2D eigenvalue weighted by Crippen LogP contribution is 2.40. The Balaban J connectivity index is 1.55. The predicted molar refractivity (Wildman–Crippen MR) is 53.8 cm³/mol. The monoisotopic (exact) mass is 194 g/mol. The van der Waals surface area contributed by atoms with E-state index in [1.165, 1.54) is 32.1 Å². The summed E-state index contributed by atoms with van der Waals surface area (Å²) in [5, 5.41) is 6.59. The van der Waals surface area contributed by atoms with E-state index >= 15 is 0 Å². The molecule has 0 radical (unpaired) electrons.